The van der Waals surface area contributed by atoms with Gasteiger partial charge in [0.05, 0.1) is 11.3 Å². The summed E-state index contributed by atoms with van der Waals surface area (Å²) in [7, 11) is 1.35. The van der Waals surface area contributed by atoms with Gasteiger partial charge in [-0.05, 0) is 45.8 Å². The highest BCUT2D eigenvalue weighted by molar-refractivity contribution is 5.84. The Morgan fingerprint density at radius 3 is 2.44 bits per heavy atom. The smallest absolute Gasteiger partial charge is 0.243 e. The average Bonchev–Trinajstić information content (AvgIpc) is 2.63. The quantitative estimate of drug-likeness (QED) is 0.216. The van der Waals surface area contributed by atoms with Gasteiger partial charge in [-0.25, -0.2) is 10.9 Å². The molecule has 2 atom stereocenters. The van der Waals surface area contributed by atoms with Crippen molar-refractivity contribution >= 4 is 5.91 Å². The maximum absolute atomic E-state index is 12.8. The molecule has 0 aliphatic carbocycles. The van der Waals surface area contributed by atoms with E-state index in [1.54, 1.807) is 6.08 Å². The van der Waals surface area contributed by atoms with Gasteiger partial charge in [-0.1, -0.05) is 36.4 Å². The molecule has 27 heavy (non-hydrogen) atoms. The van der Waals surface area contributed by atoms with Crippen molar-refractivity contribution in [3.8, 4) is 0 Å². The number of allylic oxidation sites excluding steroid dienone is 2. The van der Waals surface area contributed by atoms with Crippen molar-refractivity contribution in [3.05, 3.63) is 60.0 Å². The Morgan fingerprint density at radius 1 is 1.22 bits per heavy atom. The first kappa shape index (κ1) is 22.9. The van der Waals surface area contributed by atoms with Crippen LogP contribution >= 0.6 is 0 Å². The van der Waals surface area contributed by atoms with Gasteiger partial charge in [0.15, 0.2) is 0 Å². The number of nitrogens with one attached hydrogen (secondary N) is 3. The molecule has 150 valence electrons. The number of carbonyl (C=O) groups is 1. The van der Waals surface area contributed by atoms with Crippen LogP contribution in [0.4, 0.5) is 0 Å². The lowest BCUT2D eigenvalue weighted by atomic mass is 10.1. The van der Waals surface area contributed by atoms with E-state index in [2.05, 4.69) is 16.2 Å². The Labute approximate surface area is 161 Å². The molecule has 0 spiro atoms. The number of methoxy groups -OCH3 is 1. The van der Waals surface area contributed by atoms with Crippen molar-refractivity contribution < 1.29 is 19.4 Å². The summed E-state index contributed by atoms with van der Waals surface area (Å²) >= 11 is 0. The zero-order valence-electron chi connectivity index (χ0n) is 16.7. The Hall–Kier alpha value is -2.19. The third-order valence-electron chi connectivity index (χ3n) is 3.36. The number of hydrazine groups is 1. The summed E-state index contributed by atoms with van der Waals surface area (Å²) in [6.45, 7) is 7.63. The number of aliphatic hydroxyl groups is 1. The highest BCUT2D eigenvalue weighted by atomic mass is 16.6. The van der Waals surface area contributed by atoms with E-state index in [9.17, 15) is 9.90 Å². The number of rotatable bonds is 10. The minimum Gasteiger partial charge on any atom is -0.494 e. The topological polar surface area (TPSA) is 91.9 Å². The lowest BCUT2D eigenvalue weighted by molar-refractivity contribution is -0.127. The third kappa shape index (κ3) is 9.91. The molecule has 0 aliphatic rings. The normalized spacial score (nSPS) is 14.8. The molecule has 1 unspecified atom stereocenters. The Morgan fingerprint density at radius 2 is 1.89 bits per heavy atom. The molecule has 1 rings (SSSR count). The van der Waals surface area contributed by atoms with Crippen molar-refractivity contribution in [2.45, 2.75) is 52.2 Å². The van der Waals surface area contributed by atoms with E-state index in [-0.39, 0.29) is 11.5 Å². The van der Waals surface area contributed by atoms with Gasteiger partial charge >= 0.3 is 0 Å². The van der Waals surface area contributed by atoms with Crippen molar-refractivity contribution in [2.75, 3.05) is 7.11 Å². The van der Waals surface area contributed by atoms with Crippen molar-refractivity contribution in [1.29, 1.82) is 0 Å². The predicted octanol–water partition coefficient (Wildman–Crippen LogP) is 1.96. The van der Waals surface area contributed by atoms with Crippen LogP contribution in [0, 0.1) is 0 Å². The fraction of sp³-hybridized carbons (Fsp3) is 0.450. The van der Waals surface area contributed by atoms with E-state index in [4.69, 9.17) is 9.47 Å². The van der Waals surface area contributed by atoms with E-state index in [1.807, 2.05) is 64.1 Å². The number of benzene rings is 1. The van der Waals surface area contributed by atoms with Gasteiger partial charge in [-0.15, -0.1) is 0 Å². The van der Waals surface area contributed by atoms with Gasteiger partial charge in [-0.3, -0.25) is 4.79 Å². The van der Waals surface area contributed by atoms with Crippen LogP contribution in [0.5, 0.6) is 0 Å². The molecule has 0 radical (unpaired) electrons. The number of hydrogen-bond acceptors (Lipinski definition) is 6. The molecule has 0 saturated heterocycles. The first-order chi connectivity index (χ1) is 12.7. The van der Waals surface area contributed by atoms with Crippen LogP contribution in [-0.2, 0) is 20.7 Å². The van der Waals surface area contributed by atoms with Gasteiger partial charge in [0.25, 0.3) is 0 Å². The first-order valence-corrected chi connectivity index (χ1v) is 8.82. The lowest BCUT2D eigenvalue weighted by Crippen LogP contribution is -2.54. The van der Waals surface area contributed by atoms with Crippen molar-refractivity contribution in [3.63, 3.8) is 0 Å². The van der Waals surface area contributed by atoms with Gasteiger partial charge in [0, 0.05) is 7.11 Å². The van der Waals surface area contributed by atoms with Crippen LogP contribution in [0.25, 0.3) is 0 Å². The monoisotopic (exact) mass is 377 g/mol. The molecular formula is C20H31N3O4. The van der Waals surface area contributed by atoms with Crippen LogP contribution in [0.1, 0.15) is 33.3 Å². The molecular weight excluding hydrogens is 346 g/mol. The zero-order chi connectivity index (χ0) is 20.3. The number of ether oxygens (including phenoxy) is 2. The number of amides is 1. The maximum Gasteiger partial charge on any atom is 0.243 e. The summed E-state index contributed by atoms with van der Waals surface area (Å²) in [5, 5.41) is 12.4. The average molecular weight is 377 g/mol. The molecule has 1 aromatic rings. The SMILES string of the molecule is C/C=C\C(=C/OC(C)(C)C)NC(=O)[C@H](Cc1ccccc1)NNC(O)OC. The molecule has 1 amide bonds. The summed E-state index contributed by atoms with van der Waals surface area (Å²) in [6, 6.07) is 8.93. The number of hydrogen-bond donors (Lipinski definition) is 4. The summed E-state index contributed by atoms with van der Waals surface area (Å²) in [6.07, 6.45) is 4.27. The van der Waals surface area contributed by atoms with Gasteiger partial charge in [-0.2, -0.15) is 0 Å². The molecule has 0 aliphatic heterocycles. The van der Waals surface area contributed by atoms with Gasteiger partial charge in [0.1, 0.15) is 12.3 Å². The summed E-state index contributed by atoms with van der Waals surface area (Å²) in [5.41, 5.74) is 6.49. The van der Waals surface area contributed by atoms with Crippen molar-refractivity contribution in [2.24, 2.45) is 0 Å². The number of carbonyl (C=O) groups excluding carboxylic acids is 1. The number of aliphatic hydroxyl groups excluding tert-OH is 1. The van der Waals surface area contributed by atoms with Crippen LogP contribution in [0.15, 0.2) is 54.4 Å². The van der Waals surface area contributed by atoms with E-state index in [0.29, 0.717) is 12.1 Å². The molecule has 4 N–H and O–H groups in total. The maximum atomic E-state index is 12.8. The van der Waals surface area contributed by atoms with E-state index in [1.165, 1.54) is 13.4 Å². The molecule has 0 saturated carbocycles. The zero-order valence-corrected chi connectivity index (χ0v) is 16.7. The first-order valence-electron chi connectivity index (χ1n) is 8.82. The second-order valence-electron chi connectivity index (χ2n) is 6.91. The fourth-order valence-electron chi connectivity index (χ4n) is 2.05. The highest BCUT2D eigenvalue weighted by Gasteiger charge is 2.20. The van der Waals surface area contributed by atoms with Crippen LogP contribution < -0.4 is 16.2 Å². The lowest BCUT2D eigenvalue weighted by Gasteiger charge is -2.22. The second-order valence-corrected chi connectivity index (χ2v) is 6.91. The predicted molar refractivity (Wildman–Crippen MR) is 105 cm³/mol. The summed E-state index contributed by atoms with van der Waals surface area (Å²) in [4.78, 5) is 12.8. The Balaban J connectivity index is 2.88. The summed E-state index contributed by atoms with van der Waals surface area (Å²) < 4.78 is 10.4. The molecule has 7 nitrogen and oxygen atoms in total. The Kier molecular flexibility index (Phi) is 9.74. The van der Waals surface area contributed by atoms with E-state index >= 15 is 0 Å². The van der Waals surface area contributed by atoms with Gasteiger partial charge in [0.2, 0.25) is 12.3 Å². The van der Waals surface area contributed by atoms with Crippen LogP contribution in [0.2, 0.25) is 0 Å². The standard InChI is InChI=1S/C20H31N3O4/c1-6-10-16(14-27-20(2,3)4)21-18(24)17(22-23-19(25)26-5)13-15-11-8-7-9-12-15/h6-12,14,17,19,22-23,25H,13H2,1-5H3,(H,21,24)/b10-6-,16-14+/t17-,19?/m0/s1. The van der Waals surface area contributed by atoms with E-state index < -0.39 is 12.5 Å². The third-order valence-corrected chi connectivity index (χ3v) is 3.36. The second kappa shape index (κ2) is 11.5. The molecule has 0 bridgehead atoms. The molecule has 0 heterocycles. The largest absolute Gasteiger partial charge is 0.494 e. The minimum atomic E-state index is -1.23. The van der Waals surface area contributed by atoms with Gasteiger partial charge < -0.3 is 19.9 Å². The highest BCUT2D eigenvalue weighted by Crippen LogP contribution is 2.09. The fourth-order valence-corrected chi connectivity index (χ4v) is 2.05. The Bertz CT molecular complexity index is 624. The van der Waals surface area contributed by atoms with Crippen LogP contribution in [0.3, 0.4) is 0 Å². The summed E-state index contributed by atoms with van der Waals surface area (Å²) in [5.74, 6) is -0.281. The molecule has 0 fully saturated rings. The molecule has 0 aromatic heterocycles. The minimum absolute atomic E-state index is 0.281. The van der Waals surface area contributed by atoms with Crippen molar-refractivity contribution in [1.82, 2.24) is 16.2 Å². The molecule has 1 aromatic carbocycles. The molecule has 7 heteroatoms. The van der Waals surface area contributed by atoms with Crippen LogP contribution in [-0.4, -0.2) is 36.2 Å². The van der Waals surface area contributed by atoms with E-state index in [0.717, 1.165) is 5.56 Å².